The highest BCUT2D eigenvalue weighted by atomic mass is 32.1. The molecule has 1 saturated carbocycles. The van der Waals surface area contributed by atoms with Gasteiger partial charge in [0, 0.05) is 32.3 Å². The molecule has 3 nitrogen and oxygen atoms in total. The van der Waals surface area contributed by atoms with E-state index in [9.17, 15) is 0 Å². The molecule has 1 heterocycles. The zero-order valence-electron chi connectivity index (χ0n) is 12.3. The Balaban J connectivity index is 2.03. The highest BCUT2D eigenvalue weighted by Gasteiger charge is 2.35. The van der Waals surface area contributed by atoms with Crippen LogP contribution in [0.5, 0.6) is 0 Å². The van der Waals surface area contributed by atoms with E-state index in [0.29, 0.717) is 12.6 Å². The molecule has 0 spiro atoms. The molecule has 0 aliphatic heterocycles. The first-order valence-electron chi connectivity index (χ1n) is 7.08. The summed E-state index contributed by atoms with van der Waals surface area (Å²) in [5, 5.41) is 4.39. The van der Waals surface area contributed by atoms with Crippen LogP contribution in [0.3, 0.4) is 0 Å². The van der Waals surface area contributed by atoms with Crippen molar-refractivity contribution in [3.63, 3.8) is 0 Å². The van der Waals surface area contributed by atoms with Gasteiger partial charge in [0.1, 0.15) is 0 Å². The van der Waals surface area contributed by atoms with Crippen molar-refractivity contribution in [3.05, 3.63) is 22.4 Å². The van der Waals surface area contributed by atoms with Crippen molar-refractivity contribution < 1.29 is 4.74 Å². The first-order chi connectivity index (χ1) is 9.05. The standard InChI is InChI=1S/C15H26N2OS/c1-15(2,18-3)8-14(9-16)17(13-4-5-13)10-12-6-7-19-11-12/h6-7,11,13-14H,4-5,8-10,16H2,1-3H3. The molecule has 19 heavy (non-hydrogen) atoms. The van der Waals surface area contributed by atoms with Gasteiger partial charge in [0.15, 0.2) is 0 Å². The van der Waals surface area contributed by atoms with Gasteiger partial charge in [-0.2, -0.15) is 11.3 Å². The van der Waals surface area contributed by atoms with Crippen LogP contribution in [0.2, 0.25) is 0 Å². The van der Waals surface area contributed by atoms with Crippen LogP contribution in [0, 0.1) is 0 Å². The van der Waals surface area contributed by atoms with Gasteiger partial charge in [-0.1, -0.05) is 0 Å². The van der Waals surface area contributed by atoms with Gasteiger partial charge < -0.3 is 10.5 Å². The Bertz CT molecular complexity index is 374. The highest BCUT2D eigenvalue weighted by Crippen LogP contribution is 2.33. The van der Waals surface area contributed by atoms with Gasteiger partial charge in [-0.15, -0.1) is 0 Å². The van der Waals surface area contributed by atoms with Crippen molar-refractivity contribution in [3.8, 4) is 0 Å². The molecule has 0 saturated heterocycles. The molecule has 2 N–H and O–H groups in total. The van der Waals surface area contributed by atoms with E-state index in [4.69, 9.17) is 10.5 Å². The molecule has 4 heteroatoms. The van der Waals surface area contributed by atoms with Crippen LogP contribution in [-0.4, -0.2) is 36.2 Å². The molecular formula is C15H26N2OS. The van der Waals surface area contributed by atoms with E-state index < -0.39 is 0 Å². The Labute approximate surface area is 120 Å². The quantitative estimate of drug-likeness (QED) is 0.797. The van der Waals surface area contributed by atoms with Crippen molar-refractivity contribution in [2.45, 2.75) is 57.3 Å². The number of methoxy groups -OCH3 is 1. The lowest BCUT2D eigenvalue weighted by Crippen LogP contribution is -2.46. The average molecular weight is 282 g/mol. The van der Waals surface area contributed by atoms with Crippen molar-refractivity contribution in [1.29, 1.82) is 0 Å². The first-order valence-corrected chi connectivity index (χ1v) is 8.02. The van der Waals surface area contributed by atoms with E-state index >= 15 is 0 Å². The number of nitrogens with zero attached hydrogens (tertiary/aromatic N) is 1. The van der Waals surface area contributed by atoms with Gasteiger partial charge in [0.2, 0.25) is 0 Å². The predicted molar refractivity (Wildman–Crippen MR) is 81.4 cm³/mol. The third kappa shape index (κ3) is 4.28. The molecule has 1 aromatic rings. The molecule has 0 bridgehead atoms. The van der Waals surface area contributed by atoms with E-state index in [1.54, 1.807) is 18.4 Å². The second-order valence-corrected chi connectivity index (χ2v) is 6.87. The first kappa shape index (κ1) is 15.0. The van der Waals surface area contributed by atoms with Crippen LogP contribution in [0.4, 0.5) is 0 Å². The van der Waals surface area contributed by atoms with Crippen molar-refractivity contribution in [1.82, 2.24) is 4.90 Å². The van der Waals surface area contributed by atoms with Crippen LogP contribution in [0.1, 0.15) is 38.7 Å². The van der Waals surface area contributed by atoms with Crippen LogP contribution < -0.4 is 5.73 Å². The van der Waals surface area contributed by atoms with Gasteiger partial charge in [-0.3, -0.25) is 4.90 Å². The molecule has 108 valence electrons. The average Bonchev–Trinajstić information content (AvgIpc) is 3.11. The molecule has 2 rings (SSSR count). The molecule has 0 radical (unpaired) electrons. The topological polar surface area (TPSA) is 38.5 Å². The van der Waals surface area contributed by atoms with E-state index in [-0.39, 0.29) is 5.60 Å². The van der Waals surface area contributed by atoms with Crippen molar-refractivity contribution in [2.24, 2.45) is 5.73 Å². The van der Waals surface area contributed by atoms with E-state index in [1.165, 1.54) is 18.4 Å². The number of thiophene rings is 1. The molecule has 0 amide bonds. The fourth-order valence-electron chi connectivity index (χ4n) is 2.54. The summed E-state index contributed by atoms with van der Waals surface area (Å²) in [6.45, 7) is 6.01. The summed E-state index contributed by atoms with van der Waals surface area (Å²) in [4.78, 5) is 2.59. The largest absolute Gasteiger partial charge is 0.379 e. The van der Waals surface area contributed by atoms with E-state index in [1.807, 2.05) is 0 Å². The van der Waals surface area contributed by atoms with Gasteiger partial charge in [-0.05, 0) is 55.5 Å². The van der Waals surface area contributed by atoms with Gasteiger partial charge >= 0.3 is 0 Å². The highest BCUT2D eigenvalue weighted by molar-refractivity contribution is 7.07. The van der Waals surface area contributed by atoms with Gasteiger partial charge in [0.05, 0.1) is 5.60 Å². The molecular weight excluding hydrogens is 256 g/mol. The Kier molecular flexibility index (Phi) is 5.01. The minimum Gasteiger partial charge on any atom is -0.379 e. The monoisotopic (exact) mass is 282 g/mol. The fourth-order valence-corrected chi connectivity index (χ4v) is 3.20. The van der Waals surface area contributed by atoms with E-state index in [0.717, 1.165) is 19.0 Å². The third-order valence-corrected chi connectivity index (χ3v) is 4.71. The fraction of sp³-hybridized carbons (Fsp3) is 0.733. The molecule has 1 atom stereocenters. The minimum atomic E-state index is -0.105. The maximum absolute atomic E-state index is 6.04. The lowest BCUT2D eigenvalue weighted by atomic mass is 9.97. The number of hydrogen-bond acceptors (Lipinski definition) is 4. The lowest BCUT2D eigenvalue weighted by molar-refractivity contribution is -0.0102. The Morgan fingerprint density at radius 3 is 2.74 bits per heavy atom. The van der Waals surface area contributed by atoms with Crippen LogP contribution in [-0.2, 0) is 11.3 Å². The van der Waals surface area contributed by atoms with Gasteiger partial charge in [0.25, 0.3) is 0 Å². The summed E-state index contributed by atoms with van der Waals surface area (Å²) >= 11 is 1.77. The smallest absolute Gasteiger partial charge is 0.0638 e. The predicted octanol–water partition coefficient (Wildman–Crippen LogP) is 2.85. The molecule has 0 aromatic carbocycles. The Morgan fingerprint density at radius 1 is 1.53 bits per heavy atom. The normalized spacial score (nSPS) is 17.9. The summed E-state index contributed by atoms with van der Waals surface area (Å²) in [7, 11) is 1.79. The molecule has 1 unspecified atom stereocenters. The van der Waals surface area contributed by atoms with Gasteiger partial charge in [-0.25, -0.2) is 0 Å². The second kappa shape index (κ2) is 6.35. The number of ether oxygens (including phenoxy) is 1. The number of hydrogen-bond donors (Lipinski definition) is 1. The summed E-state index contributed by atoms with van der Waals surface area (Å²) in [6.07, 6.45) is 3.61. The second-order valence-electron chi connectivity index (χ2n) is 6.09. The Morgan fingerprint density at radius 2 is 2.26 bits per heavy atom. The lowest BCUT2D eigenvalue weighted by Gasteiger charge is -2.36. The van der Waals surface area contributed by atoms with Crippen LogP contribution in [0.25, 0.3) is 0 Å². The third-order valence-electron chi connectivity index (χ3n) is 3.98. The summed E-state index contributed by atoms with van der Waals surface area (Å²) in [6, 6.07) is 3.35. The maximum atomic E-state index is 6.04. The van der Waals surface area contributed by atoms with Crippen LogP contribution in [0.15, 0.2) is 16.8 Å². The molecule has 1 aliphatic rings. The zero-order valence-corrected chi connectivity index (χ0v) is 13.1. The summed E-state index contributed by atoms with van der Waals surface area (Å²) < 4.78 is 5.58. The van der Waals surface area contributed by atoms with Crippen molar-refractivity contribution in [2.75, 3.05) is 13.7 Å². The summed E-state index contributed by atoms with van der Waals surface area (Å²) in [5.74, 6) is 0. The minimum absolute atomic E-state index is 0.105. The van der Waals surface area contributed by atoms with E-state index in [2.05, 4.69) is 35.6 Å². The molecule has 1 fully saturated rings. The molecule has 1 aromatic heterocycles. The SMILES string of the molecule is COC(C)(C)CC(CN)N(Cc1ccsc1)C1CC1. The summed E-state index contributed by atoms with van der Waals surface area (Å²) in [5.41, 5.74) is 7.34. The maximum Gasteiger partial charge on any atom is 0.0638 e. The van der Waals surface area contributed by atoms with Crippen LogP contribution >= 0.6 is 11.3 Å². The zero-order chi connectivity index (χ0) is 13.9. The van der Waals surface area contributed by atoms with Crippen molar-refractivity contribution >= 4 is 11.3 Å². The number of rotatable bonds is 8. The molecule has 1 aliphatic carbocycles. The number of nitrogens with two attached hydrogens (primary N) is 1. The Hall–Kier alpha value is -0.420.